The number of rotatable bonds is 5. The van der Waals surface area contributed by atoms with Gasteiger partial charge >= 0.3 is 0 Å². The zero-order valence-electron chi connectivity index (χ0n) is 13.5. The molecule has 6 heteroatoms. The molecule has 1 aliphatic rings. The van der Waals surface area contributed by atoms with E-state index in [2.05, 4.69) is 0 Å². The van der Waals surface area contributed by atoms with E-state index in [4.69, 9.17) is 5.73 Å². The van der Waals surface area contributed by atoms with Crippen LogP contribution >= 0.6 is 0 Å². The maximum absolute atomic E-state index is 11.8. The minimum absolute atomic E-state index is 0.135. The molecule has 0 heterocycles. The molecule has 0 saturated carbocycles. The van der Waals surface area contributed by atoms with Crippen molar-refractivity contribution in [2.45, 2.75) is 32.0 Å². The highest BCUT2D eigenvalue weighted by molar-refractivity contribution is 5.61. The lowest BCUT2D eigenvalue weighted by Crippen LogP contribution is -2.55. The number of nitro groups is 1. The van der Waals surface area contributed by atoms with Crippen molar-refractivity contribution in [3.63, 3.8) is 0 Å². The molecule has 0 spiro atoms. The number of hydrogen-bond acceptors (Lipinski definition) is 5. The average Bonchev–Trinajstić information content (AvgIpc) is 2.53. The molecule has 1 aliphatic carbocycles. The first-order chi connectivity index (χ1) is 10.9. The van der Waals surface area contributed by atoms with Crippen LogP contribution in [0.5, 0.6) is 5.75 Å². The van der Waals surface area contributed by atoms with Gasteiger partial charge in [0.05, 0.1) is 6.42 Å². The molecule has 0 bridgehead atoms. The van der Waals surface area contributed by atoms with E-state index in [0.29, 0.717) is 18.7 Å². The molecule has 2 atom stereocenters. The fourth-order valence-corrected chi connectivity index (χ4v) is 3.04. The molecule has 0 aromatic heterocycles. The molecular weight excluding hydrogens is 294 g/mol. The second-order valence-electron chi connectivity index (χ2n) is 5.65. The van der Waals surface area contributed by atoms with Crippen LogP contribution in [-0.2, 0) is 0 Å². The molecule has 0 amide bonds. The monoisotopic (exact) mass is 317 g/mol. The Balaban J connectivity index is 2.46. The third-order valence-electron chi connectivity index (χ3n) is 4.37. The van der Waals surface area contributed by atoms with Gasteiger partial charge in [0.1, 0.15) is 5.75 Å². The van der Waals surface area contributed by atoms with Gasteiger partial charge in [0.15, 0.2) is 0 Å². The summed E-state index contributed by atoms with van der Waals surface area (Å²) in [6.07, 6.45) is 5.24. The summed E-state index contributed by atoms with van der Waals surface area (Å²) in [6.45, 7) is 4.95. The number of para-hydroxylation sites is 1. The Morgan fingerprint density at radius 3 is 2.65 bits per heavy atom. The lowest BCUT2D eigenvalue weighted by Gasteiger charge is -2.37. The van der Waals surface area contributed by atoms with Gasteiger partial charge < -0.3 is 10.8 Å². The van der Waals surface area contributed by atoms with Gasteiger partial charge in [-0.2, -0.15) is 0 Å². The summed E-state index contributed by atoms with van der Waals surface area (Å²) in [6, 6.07) is 6.50. The highest BCUT2D eigenvalue weighted by Gasteiger charge is 2.48. The molecule has 23 heavy (non-hydrogen) atoms. The summed E-state index contributed by atoms with van der Waals surface area (Å²) in [5.41, 5.74) is 6.17. The standard InChI is InChI=1S/C17H23N3O3/c1-3-19(4-2)17(20(22)23)10-9-15(18)14(12-17)11-13-7-5-6-8-16(13)21/h5-11,15,21H,3-4,12,18H2,1-2H3/b14-11-. The zero-order valence-corrected chi connectivity index (χ0v) is 13.5. The van der Waals surface area contributed by atoms with Crippen LogP contribution in [0.3, 0.4) is 0 Å². The minimum atomic E-state index is -1.28. The molecule has 0 saturated heterocycles. The summed E-state index contributed by atoms with van der Waals surface area (Å²) in [4.78, 5) is 13.4. The highest BCUT2D eigenvalue weighted by Crippen LogP contribution is 2.34. The fraction of sp³-hybridized carbons (Fsp3) is 0.412. The molecule has 1 aromatic carbocycles. The first-order valence-electron chi connectivity index (χ1n) is 7.77. The van der Waals surface area contributed by atoms with Crippen LogP contribution in [0.15, 0.2) is 42.0 Å². The topological polar surface area (TPSA) is 92.6 Å². The number of hydrogen-bond donors (Lipinski definition) is 2. The van der Waals surface area contributed by atoms with Gasteiger partial charge in [-0.1, -0.05) is 38.1 Å². The van der Waals surface area contributed by atoms with Crippen molar-refractivity contribution in [3.8, 4) is 5.75 Å². The van der Waals surface area contributed by atoms with Crippen LogP contribution in [0, 0.1) is 10.1 Å². The second kappa shape index (κ2) is 6.93. The quantitative estimate of drug-likeness (QED) is 0.376. The minimum Gasteiger partial charge on any atom is -0.507 e. The Kier molecular flexibility index (Phi) is 5.18. The van der Waals surface area contributed by atoms with Gasteiger partial charge in [-0.3, -0.25) is 10.1 Å². The van der Waals surface area contributed by atoms with E-state index in [0.717, 1.165) is 5.57 Å². The van der Waals surface area contributed by atoms with Crippen molar-refractivity contribution >= 4 is 6.08 Å². The Labute approximate surface area is 136 Å². The van der Waals surface area contributed by atoms with Crippen LogP contribution in [0.4, 0.5) is 0 Å². The van der Waals surface area contributed by atoms with E-state index in [-0.39, 0.29) is 17.1 Å². The number of likely N-dealkylation sites (N-methyl/N-ethyl adjacent to an activating group) is 1. The highest BCUT2D eigenvalue weighted by atomic mass is 16.6. The van der Waals surface area contributed by atoms with E-state index >= 15 is 0 Å². The van der Waals surface area contributed by atoms with E-state index in [1.807, 2.05) is 18.7 Å². The van der Waals surface area contributed by atoms with E-state index in [9.17, 15) is 15.2 Å². The molecule has 1 aromatic rings. The third kappa shape index (κ3) is 3.28. The summed E-state index contributed by atoms with van der Waals surface area (Å²) in [7, 11) is 0. The van der Waals surface area contributed by atoms with Crippen LogP contribution in [-0.4, -0.2) is 39.7 Å². The largest absolute Gasteiger partial charge is 0.507 e. The van der Waals surface area contributed by atoms with Gasteiger partial charge in [-0.25, -0.2) is 4.90 Å². The van der Waals surface area contributed by atoms with Gasteiger partial charge in [0.25, 0.3) is 5.66 Å². The number of phenols is 1. The Hall–Kier alpha value is -2.18. The Morgan fingerprint density at radius 2 is 2.09 bits per heavy atom. The molecule has 0 aliphatic heterocycles. The molecule has 0 radical (unpaired) electrons. The number of phenolic OH excluding ortho intramolecular Hbond substituents is 1. The van der Waals surface area contributed by atoms with Crippen molar-refractivity contribution in [2.75, 3.05) is 13.1 Å². The molecule has 3 N–H and O–H groups in total. The van der Waals surface area contributed by atoms with Crippen LogP contribution in [0.2, 0.25) is 0 Å². The third-order valence-corrected chi connectivity index (χ3v) is 4.37. The van der Waals surface area contributed by atoms with Crippen molar-refractivity contribution in [3.05, 3.63) is 57.7 Å². The number of aromatic hydroxyl groups is 1. The Bertz CT molecular complexity index is 638. The van der Waals surface area contributed by atoms with Crippen molar-refractivity contribution in [2.24, 2.45) is 5.73 Å². The van der Waals surface area contributed by atoms with Crippen molar-refractivity contribution in [1.82, 2.24) is 4.90 Å². The molecule has 0 fully saturated rings. The molecule has 2 rings (SSSR count). The summed E-state index contributed by atoms with van der Waals surface area (Å²) in [5, 5.41) is 21.7. The van der Waals surface area contributed by atoms with Crippen LogP contribution in [0.25, 0.3) is 6.08 Å². The van der Waals surface area contributed by atoms with Gasteiger partial charge in [-0.15, -0.1) is 0 Å². The van der Waals surface area contributed by atoms with Gasteiger partial charge in [0, 0.05) is 35.7 Å². The van der Waals surface area contributed by atoms with E-state index < -0.39 is 11.7 Å². The molecular formula is C17H23N3O3. The predicted molar refractivity (Wildman–Crippen MR) is 90.5 cm³/mol. The van der Waals surface area contributed by atoms with E-state index in [1.54, 1.807) is 42.5 Å². The SMILES string of the molecule is CCN(CC)C1([N+](=O)[O-])C=CC(N)/C(=C\c2ccccc2O)C1. The normalized spacial score (nSPS) is 25.9. The first-order valence-corrected chi connectivity index (χ1v) is 7.77. The summed E-state index contributed by atoms with van der Waals surface area (Å²) in [5.74, 6) is 0.135. The average molecular weight is 317 g/mol. The lowest BCUT2D eigenvalue weighted by molar-refractivity contribution is -0.586. The summed E-state index contributed by atoms with van der Waals surface area (Å²) < 4.78 is 0. The Morgan fingerprint density at radius 1 is 1.43 bits per heavy atom. The number of nitrogens with two attached hydrogens (primary N) is 1. The van der Waals surface area contributed by atoms with Gasteiger partial charge in [0.2, 0.25) is 0 Å². The fourth-order valence-electron chi connectivity index (χ4n) is 3.04. The molecule has 2 unspecified atom stereocenters. The predicted octanol–water partition coefficient (Wildman–Crippen LogP) is 2.38. The summed E-state index contributed by atoms with van der Waals surface area (Å²) >= 11 is 0. The van der Waals surface area contributed by atoms with Crippen molar-refractivity contribution in [1.29, 1.82) is 0 Å². The smallest absolute Gasteiger partial charge is 0.300 e. The van der Waals surface area contributed by atoms with E-state index in [1.165, 1.54) is 0 Å². The molecule has 6 nitrogen and oxygen atoms in total. The molecule has 124 valence electrons. The number of benzene rings is 1. The lowest BCUT2D eigenvalue weighted by atomic mass is 9.86. The number of nitrogens with zero attached hydrogens (tertiary/aromatic N) is 2. The second-order valence-corrected chi connectivity index (χ2v) is 5.65. The zero-order chi connectivity index (χ0) is 17.0. The van der Waals surface area contributed by atoms with Crippen molar-refractivity contribution < 1.29 is 10.0 Å². The van der Waals surface area contributed by atoms with Crippen LogP contribution < -0.4 is 5.73 Å². The maximum atomic E-state index is 11.8. The van der Waals surface area contributed by atoms with Crippen LogP contribution in [0.1, 0.15) is 25.8 Å². The first kappa shape index (κ1) is 17.2. The van der Waals surface area contributed by atoms with Gasteiger partial charge in [-0.05, 0) is 17.7 Å². The maximum Gasteiger partial charge on any atom is 0.300 e.